The number of pyridine rings is 1. The fraction of sp³-hybridized carbons (Fsp3) is 0.333. The summed E-state index contributed by atoms with van der Waals surface area (Å²) in [5.41, 5.74) is 4.79. The monoisotopic (exact) mass is 348 g/mol. The van der Waals surface area contributed by atoms with Crippen LogP contribution in [0.2, 0.25) is 0 Å². The minimum atomic E-state index is 0.0295. The molecule has 5 nitrogen and oxygen atoms in total. The molecule has 1 atom stereocenters. The van der Waals surface area contributed by atoms with E-state index in [0.29, 0.717) is 6.54 Å². The van der Waals surface area contributed by atoms with Crippen LogP contribution in [-0.4, -0.2) is 34.0 Å². The van der Waals surface area contributed by atoms with Crippen molar-refractivity contribution >= 4 is 16.9 Å². The van der Waals surface area contributed by atoms with Crippen LogP contribution in [0.4, 0.5) is 4.79 Å². The van der Waals surface area contributed by atoms with Gasteiger partial charge in [0.15, 0.2) is 0 Å². The Labute approximate surface area is 153 Å². The first-order valence-corrected chi connectivity index (χ1v) is 9.24. The number of fused-ring (bicyclic) bond motifs is 1. The zero-order chi connectivity index (χ0) is 17.9. The van der Waals surface area contributed by atoms with Crippen molar-refractivity contribution in [2.24, 2.45) is 0 Å². The lowest BCUT2D eigenvalue weighted by atomic mass is 10.1. The van der Waals surface area contributed by atoms with Crippen LogP contribution in [0.1, 0.15) is 35.7 Å². The minimum Gasteiger partial charge on any atom is -0.358 e. The Balaban J connectivity index is 1.40. The Morgan fingerprint density at radius 1 is 1.27 bits per heavy atom. The number of carbonyl (C=O) groups excluding carboxylic acids is 1. The zero-order valence-corrected chi connectivity index (χ0v) is 15.0. The van der Waals surface area contributed by atoms with Crippen molar-refractivity contribution in [2.45, 2.75) is 32.2 Å². The zero-order valence-electron chi connectivity index (χ0n) is 15.0. The van der Waals surface area contributed by atoms with E-state index in [4.69, 9.17) is 0 Å². The average Bonchev–Trinajstić information content (AvgIpc) is 3.27. The van der Waals surface area contributed by atoms with Crippen molar-refractivity contribution in [2.75, 3.05) is 13.1 Å². The quantitative estimate of drug-likeness (QED) is 0.750. The number of hydrogen-bond donors (Lipinski definition) is 2. The summed E-state index contributed by atoms with van der Waals surface area (Å²) in [5, 5.41) is 4.36. The maximum absolute atomic E-state index is 12.7. The molecule has 1 saturated heterocycles. The Morgan fingerprint density at radius 3 is 2.92 bits per heavy atom. The van der Waals surface area contributed by atoms with E-state index >= 15 is 0 Å². The first kappa shape index (κ1) is 16.6. The van der Waals surface area contributed by atoms with Gasteiger partial charge in [0.1, 0.15) is 0 Å². The van der Waals surface area contributed by atoms with E-state index in [1.54, 1.807) is 12.4 Å². The molecule has 1 fully saturated rings. The molecule has 1 aromatic carbocycles. The number of likely N-dealkylation sites (tertiary alicyclic amines) is 1. The highest BCUT2D eigenvalue weighted by Crippen LogP contribution is 2.31. The number of nitrogens with zero attached hydrogens (tertiary/aromatic N) is 2. The van der Waals surface area contributed by atoms with Gasteiger partial charge in [0, 0.05) is 42.1 Å². The average molecular weight is 348 g/mol. The van der Waals surface area contributed by atoms with E-state index in [0.717, 1.165) is 31.3 Å². The number of para-hydroxylation sites is 1. The van der Waals surface area contributed by atoms with Gasteiger partial charge in [-0.2, -0.15) is 0 Å². The van der Waals surface area contributed by atoms with Crippen LogP contribution in [0.15, 0.2) is 48.8 Å². The third-order valence-electron chi connectivity index (χ3n) is 5.28. The number of benzene rings is 1. The second kappa shape index (κ2) is 7.20. The number of H-pyrrole nitrogens is 1. The fourth-order valence-corrected chi connectivity index (χ4v) is 3.99. The normalized spacial score (nSPS) is 17.0. The first-order valence-electron chi connectivity index (χ1n) is 9.24. The molecule has 0 aliphatic carbocycles. The smallest absolute Gasteiger partial charge is 0.317 e. The molecular weight excluding hydrogens is 324 g/mol. The molecule has 2 N–H and O–H groups in total. The van der Waals surface area contributed by atoms with E-state index in [1.165, 1.54) is 22.2 Å². The number of hydrogen-bond acceptors (Lipinski definition) is 2. The lowest BCUT2D eigenvalue weighted by Gasteiger charge is -2.25. The van der Waals surface area contributed by atoms with Gasteiger partial charge in [0.2, 0.25) is 0 Å². The van der Waals surface area contributed by atoms with E-state index in [-0.39, 0.29) is 12.1 Å². The molecule has 0 bridgehead atoms. The summed E-state index contributed by atoms with van der Waals surface area (Å²) in [6.45, 7) is 3.54. The van der Waals surface area contributed by atoms with Gasteiger partial charge >= 0.3 is 6.03 Å². The first-order chi connectivity index (χ1) is 12.7. The number of amides is 2. The predicted molar refractivity (Wildman–Crippen MR) is 103 cm³/mol. The van der Waals surface area contributed by atoms with Crippen LogP contribution in [-0.2, 0) is 6.42 Å². The van der Waals surface area contributed by atoms with Crippen LogP contribution < -0.4 is 5.32 Å². The van der Waals surface area contributed by atoms with E-state index < -0.39 is 0 Å². The number of aromatic nitrogens is 2. The number of carbonyl (C=O) groups is 1. The highest BCUT2D eigenvalue weighted by molar-refractivity contribution is 5.84. The Morgan fingerprint density at radius 2 is 2.08 bits per heavy atom. The highest BCUT2D eigenvalue weighted by atomic mass is 16.2. The standard InChI is InChI=1S/C21H24N4O/c1-15-17(18-5-2-3-6-19(18)24-15)10-13-23-21(26)25-14-4-7-20(25)16-8-11-22-12-9-16/h2-3,5-6,8-9,11-12,20,24H,4,7,10,13-14H2,1H3,(H,23,26)/t20-/m0/s1. The van der Waals surface area contributed by atoms with Crippen molar-refractivity contribution in [1.82, 2.24) is 20.2 Å². The summed E-state index contributed by atoms with van der Waals surface area (Å²) >= 11 is 0. The number of aromatic amines is 1. The molecular formula is C21H24N4O. The van der Waals surface area contributed by atoms with Crippen molar-refractivity contribution in [1.29, 1.82) is 0 Å². The second-order valence-corrected chi connectivity index (χ2v) is 6.89. The molecule has 0 radical (unpaired) electrons. The van der Waals surface area contributed by atoms with Crippen LogP contribution in [0.5, 0.6) is 0 Å². The SMILES string of the molecule is Cc1[nH]c2ccccc2c1CCNC(=O)N1CCC[C@H]1c1ccncc1. The Hall–Kier alpha value is -2.82. The maximum atomic E-state index is 12.7. The van der Waals surface area contributed by atoms with E-state index in [1.807, 2.05) is 23.1 Å². The fourth-order valence-electron chi connectivity index (χ4n) is 3.99. The third-order valence-corrected chi connectivity index (χ3v) is 5.28. The molecule has 3 heterocycles. The van der Waals surface area contributed by atoms with Crippen molar-refractivity contribution in [3.8, 4) is 0 Å². The molecule has 4 rings (SSSR count). The molecule has 3 aromatic rings. The van der Waals surface area contributed by atoms with Gasteiger partial charge in [-0.3, -0.25) is 4.98 Å². The molecule has 0 saturated carbocycles. The molecule has 1 aliphatic rings. The van der Waals surface area contributed by atoms with Gasteiger partial charge in [0.05, 0.1) is 6.04 Å². The second-order valence-electron chi connectivity index (χ2n) is 6.89. The Bertz CT molecular complexity index is 903. The van der Waals surface area contributed by atoms with Crippen molar-refractivity contribution < 1.29 is 4.79 Å². The molecule has 2 aromatic heterocycles. The molecule has 5 heteroatoms. The van der Waals surface area contributed by atoms with Crippen molar-refractivity contribution in [3.05, 3.63) is 65.6 Å². The molecule has 0 unspecified atom stereocenters. The predicted octanol–water partition coefficient (Wildman–Crippen LogP) is 3.96. The van der Waals surface area contributed by atoms with Crippen LogP contribution in [0.3, 0.4) is 0 Å². The van der Waals surface area contributed by atoms with E-state index in [9.17, 15) is 4.79 Å². The number of urea groups is 1. The maximum Gasteiger partial charge on any atom is 0.317 e. The van der Waals surface area contributed by atoms with Crippen LogP contribution >= 0.6 is 0 Å². The number of rotatable bonds is 4. The summed E-state index contributed by atoms with van der Waals surface area (Å²) in [6, 6.07) is 12.5. The van der Waals surface area contributed by atoms with Gasteiger partial charge in [-0.15, -0.1) is 0 Å². The molecule has 2 amide bonds. The molecule has 1 aliphatic heterocycles. The summed E-state index contributed by atoms with van der Waals surface area (Å²) in [7, 11) is 0. The van der Waals surface area contributed by atoms with E-state index in [2.05, 4.69) is 40.4 Å². The van der Waals surface area contributed by atoms with Gasteiger partial charge in [-0.25, -0.2) is 4.79 Å². The molecule has 0 spiro atoms. The van der Waals surface area contributed by atoms with Gasteiger partial charge < -0.3 is 15.2 Å². The lowest BCUT2D eigenvalue weighted by molar-refractivity contribution is 0.193. The summed E-state index contributed by atoms with van der Waals surface area (Å²) in [4.78, 5) is 22.1. The highest BCUT2D eigenvalue weighted by Gasteiger charge is 2.29. The van der Waals surface area contributed by atoms with Crippen molar-refractivity contribution in [3.63, 3.8) is 0 Å². The summed E-state index contributed by atoms with van der Waals surface area (Å²) < 4.78 is 0. The Kier molecular flexibility index (Phi) is 4.61. The van der Waals surface area contributed by atoms with Crippen LogP contribution in [0.25, 0.3) is 10.9 Å². The topological polar surface area (TPSA) is 61.0 Å². The van der Waals surface area contributed by atoms with Gasteiger partial charge in [-0.05, 0) is 55.5 Å². The number of aryl methyl sites for hydroxylation is 1. The summed E-state index contributed by atoms with van der Waals surface area (Å²) in [6.07, 6.45) is 6.48. The third kappa shape index (κ3) is 3.17. The largest absolute Gasteiger partial charge is 0.358 e. The lowest BCUT2D eigenvalue weighted by Crippen LogP contribution is -2.40. The molecule has 26 heavy (non-hydrogen) atoms. The van der Waals surface area contributed by atoms with Crippen LogP contribution in [0, 0.1) is 6.92 Å². The minimum absolute atomic E-state index is 0.0295. The summed E-state index contributed by atoms with van der Waals surface area (Å²) in [5.74, 6) is 0. The molecule has 134 valence electrons. The number of nitrogens with one attached hydrogen (secondary N) is 2. The van der Waals surface area contributed by atoms with Gasteiger partial charge in [-0.1, -0.05) is 18.2 Å². The van der Waals surface area contributed by atoms with Gasteiger partial charge in [0.25, 0.3) is 0 Å².